The van der Waals surface area contributed by atoms with Crippen molar-refractivity contribution in [1.82, 2.24) is 0 Å². The molecule has 0 spiro atoms. The summed E-state index contributed by atoms with van der Waals surface area (Å²) >= 11 is 1.35. The van der Waals surface area contributed by atoms with E-state index in [-0.39, 0.29) is 19.1 Å². The molecule has 0 saturated heterocycles. The van der Waals surface area contributed by atoms with Crippen molar-refractivity contribution in [2.24, 2.45) is 0 Å². The Morgan fingerprint density at radius 3 is 2.50 bits per heavy atom. The molecule has 3 aromatic rings. The Hall–Kier alpha value is -3.47. The van der Waals surface area contributed by atoms with E-state index in [0.717, 1.165) is 21.6 Å². The van der Waals surface area contributed by atoms with Gasteiger partial charge in [-0.1, -0.05) is 60.7 Å². The van der Waals surface area contributed by atoms with Crippen LogP contribution in [0.3, 0.4) is 0 Å². The molecule has 0 unspecified atom stereocenters. The average molecular weight is 475 g/mol. The van der Waals surface area contributed by atoms with Crippen molar-refractivity contribution in [3.8, 4) is 6.07 Å². The number of ether oxygens (including phenoxy) is 2. The fraction of sp³-hybridized carbons (Fsp3) is 0.296. The Kier molecular flexibility index (Phi) is 7.41. The number of thiophene rings is 1. The zero-order chi connectivity index (χ0) is 24.0. The fourth-order valence-corrected chi connectivity index (χ4v) is 5.66. The summed E-state index contributed by atoms with van der Waals surface area (Å²) in [6.45, 7) is 2.18. The van der Waals surface area contributed by atoms with Crippen LogP contribution in [0, 0.1) is 11.3 Å². The highest BCUT2D eigenvalue weighted by molar-refractivity contribution is 7.17. The normalized spacial score (nSPS) is 16.8. The molecule has 1 aliphatic carbocycles. The zero-order valence-corrected chi connectivity index (χ0v) is 19.8. The summed E-state index contributed by atoms with van der Waals surface area (Å²) in [4.78, 5) is 26.4. The van der Waals surface area contributed by atoms with E-state index in [1.54, 1.807) is 6.92 Å². The highest BCUT2D eigenvalue weighted by Gasteiger charge is 2.40. The van der Waals surface area contributed by atoms with Crippen LogP contribution in [0.1, 0.15) is 45.3 Å². The van der Waals surface area contributed by atoms with Crippen LogP contribution in [-0.4, -0.2) is 25.1 Å². The molecule has 0 fully saturated rings. The summed E-state index contributed by atoms with van der Waals surface area (Å²) in [6, 6.07) is 21.9. The molecule has 1 atom stereocenters. The Morgan fingerprint density at radius 1 is 1.12 bits per heavy atom. The highest BCUT2D eigenvalue weighted by atomic mass is 32.1. The minimum atomic E-state index is -0.662. The molecule has 1 amide bonds. The van der Waals surface area contributed by atoms with Gasteiger partial charge in [-0.2, -0.15) is 5.26 Å². The largest absolute Gasteiger partial charge is 0.462 e. The number of benzene rings is 2. The van der Waals surface area contributed by atoms with E-state index < -0.39 is 11.4 Å². The first kappa shape index (κ1) is 23.7. The predicted molar refractivity (Wildman–Crippen MR) is 131 cm³/mol. The number of nitrogens with one attached hydrogen (secondary N) is 1. The molecular formula is C27H26N2O4S. The maximum Gasteiger partial charge on any atom is 0.341 e. The van der Waals surface area contributed by atoms with Gasteiger partial charge in [0.1, 0.15) is 11.6 Å². The number of hydrogen-bond donors (Lipinski definition) is 1. The first-order valence-electron chi connectivity index (χ1n) is 11.3. The van der Waals surface area contributed by atoms with Crippen LogP contribution < -0.4 is 5.32 Å². The monoisotopic (exact) mass is 474 g/mol. The lowest BCUT2D eigenvalue weighted by molar-refractivity contribution is -0.120. The molecule has 2 aromatic carbocycles. The van der Waals surface area contributed by atoms with E-state index in [2.05, 4.69) is 11.4 Å². The van der Waals surface area contributed by atoms with Crippen LogP contribution >= 0.6 is 11.3 Å². The summed E-state index contributed by atoms with van der Waals surface area (Å²) < 4.78 is 10.8. The minimum absolute atomic E-state index is 0.133. The third-order valence-electron chi connectivity index (χ3n) is 5.97. The van der Waals surface area contributed by atoms with Crippen molar-refractivity contribution in [2.45, 2.75) is 38.2 Å². The van der Waals surface area contributed by atoms with Crippen LogP contribution in [0.2, 0.25) is 0 Å². The minimum Gasteiger partial charge on any atom is -0.462 e. The van der Waals surface area contributed by atoms with Gasteiger partial charge in [-0.25, -0.2) is 4.79 Å². The first-order chi connectivity index (χ1) is 16.6. The molecule has 0 aliphatic heterocycles. The predicted octanol–water partition coefficient (Wildman–Crippen LogP) is 5.03. The molecular weight excluding hydrogens is 448 g/mol. The van der Waals surface area contributed by atoms with E-state index in [9.17, 15) is 14.9 Å². The number of nitriles is 1. The number of carbonyl (C=O) groups excluding carboxylic acids is 2. The average Bonchev–Trinajstić information content (AvgIpc) is 3.21. The quantitative estimate of drug-likeness (QED) is 0.463. The third kappa shape index (κ3) is 5.04. The molecule has 1 aliphatic rings. The van der Waals surface area contributed by atoms with Crippen molar-refractivity contribution in [2.75, 3.05) is 18.5 Å². The number of carbonyl (C=O) groups is 2. The Bertz CT molecular complexity index is 1200. The molecule has 1 heterocycles. The van der Waals surface area contributed by atoms with Crippen LogP contribution in [-0.2, 0) is 39.1 Å². The van der Waals surface area contributed by atoms with Crippen molar-refractivity contribution < 1.29 is 19.1 Å². The van der Waals surface area contributed by atoms with Gasteiger partial charge in [-0.15, -0.1) is 11.3 Å². The van der Waals surface area contributed by atoms with Crippen LogP contribution in [0.5, 0.6) is 0 Å². The summed E-state index contributed by atoms with van der Waals surface area (Å²) in [7, 11) is 0. The van der Waals surface area contributed by atoms with Gasteiger partial charge < -0.3 is 14.8 Å². The number of amides is 1. The first-order valence-corrected chi connectivity index (χ1v) is 12.1. The molecule has 4 rings (SSSR count). The number of nitrogens with zero attached hydrogens (tertiary/aromatic N) is 1. The Morgan fingerprint density at radius 2 is 1.82 bits per heavy atom. The lowest BCUT2D eigenvalue weighted by Crippen LogP contribution is -2.31. The van der Waals surface area contributed by atoms with Gasteiger partial charge in [0.05, 0.1) is 30.3 Å². The number of hydrogen-bond acceptors (Lipinski definition) is 6. The smallest absolute Gasteiger partial charge is 0.341 e. The van der Waals surface area contributed by atoms with Gasteiger partial charge in [0.2, 0.25) is 0 Å². The lowest BCUT2D eigenvalue weighted by Gasteiger charge is -2.31. The topological polar surface area (TPSA) is 88.4 Å². The van der Waals surface area contributed by atoms with E-state index in [1.165, 1.54) is 11.3 Å². The molecule has 1 N–H and O–H groups in total. The van der Waals surface area contributed by atoms with Crippen molar-refractivity contribution in [1.29, 1.82) is 5.26 Å². The van der Waals surface area contributed by atoms with Crippen LogP contribution in [0.4, 0.5) is 5.00 Å². The van der Waals surface area contributed by atoms with Crippen molar-refractivity contribution >= 4 is 28.2 Å². The zero-order valence-electron chi connectivity index (χ0n) is 19.0. The Balaban J connectivity index is 1.55. The van der Waals surface area contributed by atoms with Crippen molar-refractivity contribution in [3.63, 3.8) is 0 Å². The highest BCUT2D eigenvalue weighted by Crippen LogP contribution is 2.45. The number of anilines is 1. The maximum atomic E-state index is 12.8. The number of rotatable bonds is 8. The second-order valence-electron chi connectivity index (χ2n) is 8.19. The molecule has 34 heavy (non-hydrogen) atoms. The second kappa shape index (κ2) is 10.6. The van der Waals surface area contributed by atoms with Gasteiger partial charge in [0.15, 0.2) is 0 Å². The second-order valence-corrected chi connectivity index (χ2v) is 9.30. The van der Waals surface area contributed by atoms with Gasteiger partial charge in [-0.3, -0.25) is 4.79 Å². The summed E-state index contributed by atoms with van der Waals surface area (Å²) in [5, 5.41) is 13.4. The SMILES string of the molecule is CCOC(=O)c1c(NC(=O)COCc2ccccc2)sc2c1CC[C@@](C#N)(c1ccccc1)C2. The van der Waals surface area contributed by atoms with E-state index in [0.29, 0.717) is 36.4 Å². The lowest BCUT2D eigenvalue weighted by atomic mass is 9.70. The molecule has 0 saturated carbocycles. The summed E-state index contributed by atoms with van der Waals surface area (Å²) in [5.74, 6) is -0.792. The molecule has 6 nitrogen and oxygen atoms in total. The number of esters is 1. The van der Waals surface area contributed by atoms with Crippen LogP contribution in [0.25, 0.3) is 0 Å². The van der Waals surface area contributed by atoms with E-state index >= 15 is 0 Å². The van der Waals surface area contributed by atoms with Gasteiger partial charge in [0.25, 0.3) is 5.91 Å². The molecule has 0 radical (unpaired) electrons. The van der Waals surface area contributed by atoms with E-state index in [4.69, 9.17) is 9.47 Å². The Labute approximate surface area is 203 Å². The third-order valence-corrected chi connectivity index (χ3v) is 7.12. The molecule has 7 heteroatoms. The van der Waals surface area contributed by atoms with Gasteiger partial charge >= 0.3 is 5.97 Å². The number of fused-ring (bicyclic) bond motifs is 1. The van der Waals surface area contributed by atoms with Crippen molar-refractivity contribution in [3.05, 3.63) is 87.8 Å². The molecule has 0 bridgehead atoms. The van der Waals surface area contributed by atoms with Crippen LogP contribution in [0.15, 0.2) is 60.7 Å². The summed E-state index contributed by atoms with van der Waals surface area (Å²) in [5.41, 5.74) is 2.55. The maximum absolute atomic E-state index is 12.8. The van der Waals surface area contributed by atoms with Gasteiger partial charge in [0, 0.05) is 11.3 Å². The molecule has 1 aromatic heterocycles. The standard InChI is InChI=1S/C27H26N2O4S/c1-2-33-26(31)24-21-13-14-27(18-28,20-11-7-4-8-12-20)15-22(21)34-25(24)29-23(30)17-32-16-19-9-5-3-6-10-19/h3-12H,2,13-17H2,1H3,(H,29,30)/t27-/m1/s1. The summed E-state index contributed by atoms with van der Waals surface area (Å²) in [6.07, 6.45) is 1.64. The fourth-order valence-electron chi connectivity index (χ4n) is 4.29. The van der Waals surface area contributed by atoms with Gasteiger partial charge in [-0.05, 0) is 36.5 Å². The van der Waals surface area contributed by atoms with E-state index in [1.807, 2.05) is 60.7 Å². The molecule has 174 valence electrons.